The van der Waals surface area contributed by atoms with Crippen molar-refractivity contribution in [1.82, 2.24) is 10.2 Å². The van der Waals surface area contributed by atoms with Crippen molar-refractivity contribution in [1.29, 1.82) is 0 Å². The normalized spacial score (nSPS) is 16.6. The highest BCUT2D eigenvalue weighted by molar-refractivity contribution is 8.00. The number of amides is 1. The lowest BCUT2D eigenvalue weighted by molar-refractivity contribution is -0.132. The summed E-state index contributed by atoms with van der Waals surface area (Å²) in [5, 5.41) is 23.1. The SMILES string of the molecule is O=C1C(=O)N(c2nnc(SCc3cccc4ccccc34)s2)C(c2cccc(OCc3ccccc3)c2)/C1=C(/O)c1ccc2c(c1)OCCO2. The number of Topliss-reactive ketones (excluding diaryl/α,β-unsaturated/α-hetero) is 1. The first-order chi connectivity index (χ1) is 24.5. The van der Waals surface area contributed by atoms with Gasteiger partial charge in [0.25, 0.3) is 5.78 Å². The van der Waals surface area contributed by atoms with Crippen LogP contribution in [-0.4, -0.2) is 40.2 Å². The van der Waals surface area contributed by atoms with Gasteiger partial charge in [-0.1, -0.05) is 108 Å². The number of carbonyl (C=O) groups excluding carboxylic acids is 2. The number of rotatable bonds is 9. The second-order valence-electron chi connectivity index (χ2n) is 11.7. The van der Waals surface area contributed by atoms with E-state index in [9.17, 15) is 14.7 Å². The third kappa shape index (κ3) is 6.17. The third-order valence-electron chi connectivity index (χ3n) is 8.52. The molecular formula is C39H29N3O6S2. The van der Waals surface area contributed by atoms with Crippen LogP contribution in [0.3, 0.4) is 0 Å². The molecule has 0 saturated carbocycles. The largest absolute Gasteiger partial charge is 0.507 e. The van der Waals surface area contributed by atoms with Gasteiger partial charge in [0.15, 0.2) is 15.8 Å². The van der Waals surface area contributed by atoms with E-state index in [0.29, 0.717) is 58.3 Å². The molecule has 1 atom stereocenters. The molecular weight excluding hydrogens is 671 g/mol. The number of aliphatic hydroxyl groups excluding tert-OH is 1. The van der Waals surface area contributed by atoms with Crippen molar-refractivity contribution in [3.63, 3.8) is 0 Å². The summed E-state index contributed by atoms with van der Waals surface area (Å²) >= 11 is 2.73. The predicted molar refractivity (Wildman–Crippen MR) is 193 cm³/mol. The lowest BCUT2D eigenvalue weighted by atomic mass is 9.95. The maximum absolute atomic E-state index is 13.9. The Labute approximate surface area is 295 Å². The van der Waals surface area contributed by atoms with Gasteiger partial charge in [-0.25, -0.2) is 0 Å². The zero-order valence-electron chi connectivity index (χ0n) is 26.5. The molecule has 50 heavy (non-hydrogen) atoms. The highest BCUT2D eigenvalue weighted by Gasteiger charge is 2.48. The Balaban J connectivity index is 1.15. The second kappa shape index (κ2) is 13.7. The van der Waals surface area contributed by atoms with Crippen molar-refractivity contribution in [3.05, 3.63) is 143 Å². The van der Waals surface area contributed by atoms with Crippen LogP contribution in [0.1, 0.15) is 28.3 Å². The van der Waals surface area contributed by atoms with Crippen LogP contribution in [0.4, 0.5) is 5.13 Å². The van der Waals surface area contributed by atoms with E-state index in [1.165, 1.54) is 28.0 Å². The molecule has 248 valence electrons. The lowest BCUT2D eigenvalue weighted by Crippen LogP contribution is -2.29. The Morgan fingerprint density at radius 1 is 0.860 bits per heavy atom. The van der Waals surface area contributed by atoms with Crippen LogP contribution < -0.4 is 19.1 Å². The molecule has 9 nitrogen and oxygen atoms in total. The number of fused-ring (bicyclic) bond motifs is 2. The van der Waals surface area contributed by atoms with Gasteiger partial charge in [-0.15, -0.1) is 10.2 Å². The molecule has 0 aliphatic carbocycles. The van der Waals surface area contributed by atoms with Crippen LogP contribution >= 0.6 is 23.1 Å². The number of nitrogens with zero attached hydrogens (tertiary/aromatic N) is 3. The number of hydrogen-bond donors (Lipinski definition) is 1. The molecule has 1 unspecified atom stereocenters. The fraction of sp³-hybridized carbons (Fsp3) is 0.128. The number of thioether (sulfide) groups is 1. The molecule has 1 fully saturated rings. The van der Waals surface area contributed by atoms with Gasteiger partial charge in [0.2, 0.25) is 5.13 Å². The molecule has 6 aromatic rings. The predicted octanol–water partition coefficient (Wildman–Crippen LogP) is 7.96. The molecule has 1 saturated heterocycles. The summed E-state index contributed by atoms with van der Waals surface area (Å²) in [5.74, 6) is 0.182. The minimum absolute atomic E-state index is 0.0768. The van der Waals surface area contributed by atoms with E-state index in [-0.39, 0.29) is 16.5 Å². The van der Waals surface area contributed by atoms with Crippen molar-refractivity contribution in [3.8, 4) is 17.2 Å². The summed E-state index contributed by atoms with van der Waals surface area (Å²) in [6, 6.07) is 35.3. The van der Waals surface area contributed by atoms with Crippen LogP contribution in [-0.2, 0) is 21.9 Å². The number of anilines is 1. The molecule has 8 rings (SSSR count). The van der Waals surface area contributed by atoms with E-state index in [0.717, 1.165) is 21.9 Å². The summed E-state index contributed by atoms with van der Waals surface area (Å²) in [7, 11) is 0. The molecule has 2 aliphatic heterocycles. The van der Waals surface area contributed by atoms with Crippen molar-refractivity contribution in [2.75, 3.05) is 18.1 Å². The fourth-order valence-electron chi connectivity index (χ4n) is 6.12. The topological polar surface area (TPSA) is 111 Å². The smallest absolute Gasteiger partial charge is 0.301 e. The lowest BCUT2D eigenvalue weighted by Gasteiger charge is -2.23. The summed E-state index contributed by atoms with van der Waals surface area (Å²) < 4.78 is 18.1. The third-order valence-corrected chi connectivity index (χ3v) is 10.6. The Kier molecular flexibility index (Phi) is 8.66. The zero-order chi connectivity index (χ0) is 34.0. The summed E-state index contributed by atoms with van der Waals surface area (Å²) in [5.41, 5.74) is 2.94. The summed E-state index contributed by atoms with van der Waals surface area (Å²) in [4.78, 5) is 29.1. The highest BCUT2D eigenvalue weighted by atomic mass is 32.2. The Morgan fingerprint density at radius 2 is 1.64 bits per heavy atom. The van der Waals surface area contributed by atoms with Crippen LogP contribution in [0.15, 0.2) is 125 Å². The van der Waals surface area contributed by atoms with E-state index in [1.54, 1.807) is 36.4 Å². The van der Waals surface area contributed by atoms with Gasteiger partial charge >= 0.3 is 5.91 Å². The number of benzene rings is 5. The van der Waals surface area contributed by atoms with Crippen LogP contribution in [0.25, 0.3) is 16.5 Å². The molecule has 5 aromatic carbocycles. The standard InChI is InChI=1S/C39H29N3O6S2/c43-35(27-16-17-31-32(21-27)47-19-18-46-31)33-34(26-12-7-14-29(20-26)48-22-24-8-2-1-3-9-24)42(37(45)36(33)44)38-40-41-39(50-38)49-23-28-13-6-11-25-10-4-5-15-30(25)28/h1-17,20-21,34,43H,18-19,22-23H2/b35-33-. The number of carbonyl (C=O) groups is 2. The molecule has 0 bridgehead atoms. The maximum atomic E-state index is 13.9. The van der Waals surface area contributed by atoms with Crippen LogP contribution in [0.5, 0.6) is 17.2 Å². The average Bonchev–Trinajstić information content (AvgIpc) is 3.74. The monoisotopic (exact) mass is 699 g/mol. The van der Waals surface area contributed by atoms with Crippen molar-refractivity contribution >= 4 is 56.5 Å². The number of ketones is 1. The first-order valence-corrected chi connectivity index (χ1v) is 17.7. The molecule has 3 heterocycles. The van der Waals surface area contributed by atoms with Gasteiger partial charge in [-0.3, -0.25) is 14.5 Å². The minimum Gasteiger partial charge on any atom is -0.507 e. The molecule has 0 radical (unpaired) electrons. The van der Waals surface area contributed by atoms with Crippen LogP contribution in [0.2, 0.25) is 0 Å². The average molecular weight is 700 g/mol. The first kappa shape index (κ1) is 31.6. The zero-order valence-corrected chi connectivity index (χ0v) is 28.2. The van der Waals surface area contributed by atoms with E-state index in [4.69, 9.17) is 14.2 Å². The molecule has 11 heteroatoms. The van der Waals surface area contributed by atoms with Gasteiger partial charge in [0, 0.05) is 11.3 Å². The van der Waals surface area contributed by atoms with Gasteiger partial charge in [0.05, 0.1) is 11.6 Å². The first-order valence-electron chi connectivity index (χ1n) is 15.9. The second-order valence-corrected chi connectivity index (χ2v) is 13.8. The van der Waals surface area contributed by atoms with E-state index in [1.807, 2.05) is 54.6 Å². The minimum atomic E-state index is -1.01. The Bertz CT molecular complexity index is 2270. The van der Waals surface area contributed by atoms with Gasteiger partial charge in [-0.2, -0.15) is 0 Å². The fourth-order valence-corrected chi connectivity index (χ4v) is 7.99. The number of aromatic nitrogens is 2. The number of aliphatic hydroxyl groups is 1. The molecule has 1 N–H and O–H groups in total. The highest BCUT2D eigenvalue weighted by Crippen LogP contribution is 2.45. The van der Waals surface area contributed by atoms with E-state index in [2.05, 4.69) is 34.5 Å². The van der Waals surface area contributed by atoms with Gasteiger partial charge < -0.3 is 19.3 Å². The van der Waals surface area contributed by atoms with Gasteiger partial charge in [0.1, 0.15) is 31.3 Å². The van der Waals surface area contributed by atoms with Crippen molar-refractivity contribution < 1.29 is 28.9 Å². The maximum Gasteiger partial charge on any atom is 0.301 e. The summed E-state index contributed by atoms with van der Waals surface area (Å²) in [6.45, 7) is 1.10. The molecule has 1 amide bonds. The van der Waals surface area contributed by atoms with Crippen molar-refractivity contribution in [2.24, 2.45) is 0 Å². The molecule has 2 aliphatic rings. The Hall–Kier alpha value is -5.65. The summed E-state index contributed by atoms with van der Waals surface area (Å²) in [6.07, 6.45) is 0. The quantitative estimate of drug-likeness (QED) is 0.0528. The van der Waals surface area contributed by atoms with Crippen LogP contribution in [0, 0.1) is 0 Å². The van der Waals surface area contributed by atoms with E-state index >= 15 is 0 Å². The Morgan fingerprint density at radius 3 is 2.52 bits per heavy atom. The van der Waals surface area contributed by atoms with E-state index < -0.39 is 17.7 Å². The number of hydrogen-bond acceptors (Lipinski definition) is 10. The molecule has 0 spiro atoms. The number of ether oxygens (including phenoxy) is 3. The van der Waals surface area contributed by atoms with Gasteiger partial charge in [-0.05, 0) is 57.8 Å². The van der Waals surface area contributed by atoms with Crippen molar-refractivity contribution in [2.45, 2.75) is 22.7 Å². The molecule has 1 aromatic heterocycles.